The van der Waals surface area contributed by atoms with Gasteiger partial charge in [0.2, 0.25) is 5.71 Å². The van der Waals surface area contributed by atoms with E-state index in [9.17, 15) is 0 Å². The molecule has 1 aliphatic rings. The molecule has 1 unspecified atom stereocenters. The predicted octanol–water partition coefficient (Wildman–Crippen LogP) is 11.7. The summed E-state index contributed by atoms with van der Waals surface area (Å²) in [7, 11) is 0. The summed E-state index contributed by atoms with van der Waals surface area (Å²) >= 11 is 1.83. The lowest BCUT2D eigenvalue weighted by molar-refractivity contribution is 0.649. The van der Waals surface area contributed by atoms with E-state index in [0.717, 1.165) is 40.3 Å². The summed E-state index contributed by atoms with van der Waals surface area (Å²) in [6, 6.07) is 43.5. The van der Waals surface area contributed by atoms with Crippen LogP contribution in [0.5, 0.6) is 0 Å². The average molecular weight is 622 g/mol. The molecular weight excluding hydrogens is 595 g/mol. The molecule has 4 nitrogen and oxygen atoms in total. The first-order valence-corrected chi connectivity index (χ1v) is 17.0. The summed E-state index contributed by atoms with van der Waals surface area (Å²) in [5.41, 5.74) is 11.3. The third kappa shape index (κ3) is 3.39. The summed E-state index contributed by atoms with van der Waals surface area (Å²) in [5.74, 6) is 0.311. The van der Waals surface area contributed by atoms with E-state index in [0.29, 0.717) is 5.92 Å². The highest BCUT2D eigenvalue weighted by atomic mass is 32.1. The molecule has 1 aliphatic carbocycles. The first kappa shape index (κ1) is 25.5. The fraction of sp³-hybridized carbons (Fsp3) is 0.0714. The first-order valence-electron chi connectivity index (χ1n) is 16.2. The smallest absolute Gasteiger partial charge is 0.214 e. The number of nitrogens with zero attached hydrogens (tertiary/aromatic N) is 3. The number of aromatic nitrogens is 3. The van der Waals surface area contributed by atoms with Crippen molar-refractivity contribution in [1.29, 1.82) is 0 Å². The van der Waals surface area contributed by atoms with E-state index in [1.54, 1.807) is 0 Å². The van der Waals surface area contributed by atoms with Crippen LogP contribution in [0.1, 0.15) is 36.2 Å². The van der Waals surface area contributed by atoms with Crippen LogP contribution in [0.15, 0.2) is 126 Å². The largest absolute Gasteiger partial charge is 0.438 e. The Hall–Kier alpha value is -5.65. The van der Waals surface area contributed by atoms with Gasteiger partial charge in [0.05, 0.1) is 32.5 Å². The van der Waals surface area contributed by atoms with Crippen molar-refractivity contribution in [3.8, 4) is 5.69 Å². The summed E-state index contributed by atoms with van der Waals surface area (Å²) in [6.07, 6.45) is 3.27. The average Bonchev–Trinajstić information content (AvgIpc) is 3.86. The van der Waals surface area contributed by atoms with Crippen molar-refractivity contribution in [2.75, 3.05) is 0 Å². The number of fused-ring (bicyclic) bond motifs is 15. The monoisotopic (exact) mass is 621 g/mol. The Labute approximate surface area is 273 Å². The molecular formula is C42H27N3OS. The van der Waals surface area contributed by atoms with E-state index in [4.69, 9.17) is 9.40 Å². The van der Waals surface area contributed by atoms with Crippen LogP contribution in [-0.2, 0) is 0 Å². The van der Waals surface area contributed by atoms with Crippen molar-refractivity contribution < 1.29 is 4.42 Å². The van der Waals surface area contributed by atoms with Crippen LogP contribution in [0.4, 0.5) is 0 Å². The zero-order chi connectivity index (χ0) is 30.8. The van der Waals surface area contributed by atoms with Crippen molar-refractivity contribution in [3.05, 3.63) is 138 Å². The van der Waals surface area contributed by atoms with Crippen LogP contribution in [0.25, 0.3) is 87.0 Å². The second kappa shape index (κ2) is 9.21. The van der Waals surface area contributed by atoms with Crippen LogP contribution in [-0.4, -0.2) is 14.0 Å². The lowest BCUT2D eigenvalue weighted by Crippen LogP contribution is -2.07. The van der Waals surface area contributed by atoms with E-state index in [2.05, 4.69) is 143 Å². The lowest BCUT2D eigenvalue weighted by Gasteiger charge is -2.21. The molecule has 5 heteroatoms. The summed E-state index contributed by atoms with van der Waals surface area (Å²) in [5, 5.41) is 7.31. The van der Waals surface area contributed by atoms with E-state index in [1.807, 2.05) is 11.3 Å². The quantitative estimate of drug-likeness (QED) is 0.180. The number of benzene rings is 5. The number of para-hydroxylation sites is 3. The molecule has 11 rings (SSSR count). The van der Waals surface area contributed by atoms with E-state index in [-0.39, 0.29) is 0 Å². The number of rotatable bonds is 2. The maximum atomic E-state index is 6.86. The molecule has 5 aromatic carbocycles. The molecule has 0 saturated carbocycles. The van der Waals surface area contributed by atoms with Gasteiger partial charge < -0.3 is 4.42 Å². The van der Waals surface area contributed by atoms with Gasteiger partial charge >= 0.3 is 0 Å². The van der Waals surface area contributed by atoms with Crippen molar-refractivity contribution in [3.63, 3.8) is 0 Å². The maximum absolute atomic E-state index is 6.86. The van der Waals surface area contributed by atoms with E-state index in [1.165, 1.54) is 64.1 Å². The van der Waals surface area contributed by atoms with Gasteiger partial charge in [-0.1, -0.05) is 91.9 Å². The topological polar surface area (TPSA) is 35.4 Å². The number of imidazole rings is 1. The van der Waals surface area contributed by atoms with Crippen LogP contribution in [0.3, 0.4) is 0 Å². The second-order valence-electron chi connectivity index (χ2n) is 12.8. The Morgan fingerprint density at radius 2 is 1.45 bits per heavy atom. The fourth-order valence-electron chi connectivity index (χ4n) is 8.12. The zero-order valence-corrected chi connectivity index (χ0v) is 26.4. The van der Waals surface area contributed by atoms with E-state index < -0.39 is 0 Å². The summed E-state index contributed by atoms with van der Waals surface area (Å²) < 4.78 is 14.0. The molecule has 0 fully saturated rings. The SMILES string of the molecule is CC1CC(c2ccc3sc4c(oc5c4c4ccccc4n5-c4ccccc4)c3c2)=Cc2nc3c4ccccc4c4ccccc4n3c21. The predicted molar refractivity (Wildman–Crippen MR) is 197 cm³/mol. The molecule has 0 saturated heterocycles. The first-order chi connectivity index (χ1) is 23.2. The molecule has 1 atom stereocenters. The Morgan fingerprint density at radius 1 is 0.723 bits per heavy atom. The third-order valence-corrected chi connectivity index (χ3v) is 11.3. The fourth-order valence-corrected chi connectivity index (χ4v) is 9.28. The van der Waals surface area contributed by atoms with E-state index >= 15 is 0 Å². The molecule has 5 heterocycles. The highest BCUT2D eigenvalue weighted by Crippen LogP contribution is 2.47. The molecule has 222 valence electrons. The summed E-state index contributed by atoms with van der Waals surface area (Å²) in [6.45, 7) is 2.35. The zero-order valence-electron chi connectivity index (χ0n) is 25.6. The number of thiophene rings is 1. The van der Waals surface area contributed by atoms with Gasteiger partial charge in [-0.15, -0.1) is 11.3 Å². The van der Waals surface area contributed by atoms with Gasteiger partial charge in [-0.05, 0) is 65.4 Å². The van der Waals surface area contributed by atoms with Crippen molar-refractivity contribution in [1.82, 2.24) is 14.0 Å². The number of furan rings is 1. The molecule has 0 aliphatic heterocycles. The summed E-state index contributed by atoms with van der Waals surface area (Å²) in [4.78, 5) is 5.32. The highest BCUT2D eigenvalue weighted by molar-refractivity contribution is 7.26. The van der Waals surface area contributed by atoms with Crippen molar-refractivity contribution in [2.24, 2.45) is 0 Å². The second-order valence-corrected chi connectivity index (χ2v) is 13.9. The third-order valence-electron chi connectivity index (χ3n) is 10.1. The Kier molecular flexibility index (Phi) is 5.00. The van der Waals surface area contributed by atoms with Crippen LogP contribution in [0.2, 0.25) is 0 Å². The molecule has 0 amide bonds. The van der Waals surface area contributed by atoms with Gasteiger partial charge in [0, 0.05) is 37.9 Å². The normalized spacial score (nSPS) is 15.2. The highest BCUT2D eigenvalue weighted by Gasteiger charge is 2.27. The Bertz CT molecular complexity index is 2950. The number of hydrogen-bond acceptors (Lipinski definition) is 3. The Balaban J connectivity index is 1.13. The molecule has 0 bridgehead atoms. The number of pyridine rings is 1. The van der Waals surface area contributed by atoms with Gasteiger partial charge in [-0.25, -0.2) is 4.98 Å². The maximum Gasteiger partial charge on any atom is 0.214 e. The molecule has 47 heavy (non-hydrogen) atoms. The Morgan fingerprint density at radius 3 is 2.30 bits per heavy atom. The molecule has 5 aromatic heterocycles. The van der Waals surface area contributed by atoms with Crippen LogP contribution < -0.4 is 0 Å². The van der Waals surface area contributed by atoms with Crippen molar-refractivity contribution in [2.45, 2.75) is 19.3 Å². The van der Waals surface area contributed by atoms with Crippen molar-refractivity contribution >= 4 is 92.7 Å². The minimum atomic E-state index is 0.311. The van der Waals surface area contributed by atoms with Gasteiger partial charge in [0.15, 0.2) is 5.58 Å². The lowest BCUT2D eigenvalue weighted by atomic mass is 9.86. The standard InChI is InChI=1S/C42H27N3OS/c1-24-21-26(23-33-38(24)45-34-17-9-7-14-29(34)28-13-5-6-15-30(28)41(45)43-33)25-19-20-36-32(22-25)39-40(47-36)37-31-16-8-10-18-35(31)44(42(37)46-39)27-11-3-2-4-12-27/h2-20,22-24H,21H2,1H3. The van der Waals surface area contributed by atoms with Crippen LogP contribution in [0, 0.1) is 0 Å². The van der Waals surface area contributed by atoms with Gasteiger partial charge in [0.1, 0.15) is 5.65 Å². The number of allylic oxidation sites excluding steroid dienone is 1. The molecule has 0 spiro atoms. The molecule has 0 N–H and O–H groups in total. The minimum Gasteiger partial charge on any atom is -0.438 e. The van der Waals surface area contributed by atoms with Gasteiger partial charge in [-0.2, -0.15) is 0 Å². The van der Waals surface area contributed by atoms with Crippen LogP contribution >= 0.6 is 11.3 Å². The molecule has 0 radical (unpaired) electrons. The molecule has 10 aromatic rings. The number of hydrogen-bond donors (Lipinski definition) is 0. The minimum absolute atomic E-state index is 0.311. The van der Waals surface area contributed by atoms with Gasteiger partial charge in [0.25, 0.3) is 0 Å². The van der Waals surface area contributed by atoms with Gasteiger partial charge in [-0.3, -0.25) is 8.97 Å².